The maximum absolute atomic E-state index is 6.38. The van der Waals surface area contributed by atoms with E-state index in [0.29, 0.717) is 0 Å². The Bertz CT molecular complexity index is 417. The molecular formula is C16H25NO2. The summed E-state index contributed by atoms with van der Waals surface area (Å²) < 4.78 is 11.6. The average Bonchev–Trinajstić information content (AvgIpc) is 2.39. The summed E-state index contributed by atoms with van der Waals surface area (Å²) in [6.07, 6.45) is 1.94. The molecule has 0 saturated carbocycles. The molecule has 3 heteroatoms. The van der Waals surface area contributed by atoms with Crippen LogP contribution in [0.5, 0.6) is 5.75 Å². The molecule has 1 aromatic rings. The molecule has 1 fully saturated rings. The van der Waals surface area contributed by atoms with Crippen molar-refractivity contribution in [1.29, 1.82) is 0 Å². The second-order valence-electron chi connectivity index (χ2n) is 5.98. The summed E-state index contributed by atoms with van der Waals surface area (Å²) in [5.41, 5.74) is 1.09. The Morgan fingerprint density at radius 2 is 1.79 bits per heavy atom. The Labute approximate surface area is 116 Å². The van der Waals surface area contributed by atoms with Crippen LogP contribution in [0.15, 0.2) is 24.3 Å². The van der Waals surface area contributed by atoms with Gasteiger partial charge in [0.1, 0.15) is 5.75 Å². The number of rotatable bonds is 4. The van der Waals surface area contributed by atoms with E-state index in [-0.39, 0.29) is 11.2 Å². The highest BCUT2D eigenvalue weighted by Crippen LogP contribution is 2.29. The molecule has 0 aromatic heterocycles. The molecule has 106 valence electrons. The van der Waals surface area contributed by atoms with Gasteiger partial charge in [0.25, 0.3) is 0 Å². The number of hydrogen-bond acceptors (Lipinski definition) is 3. The molecule has 19 heavy (non-hydrogen) atoms. The van der Waals surface area contributed by atoms with Gasteiger partial charge in [-0.15, -0.1) is 0 Å². The predicted octanol–water partition coefficient (Wildman–Crippen LogP) is 2.78. The molecule has 1 aliphatic heterocycles. The molecule has 1 N–H and O–H groups in total. The summed E-state index contributed by atoms with van der Waals surface area (Å²) in [5, 5.41) is 3.51. The number of hydrogen-bond donors (Lipinski definition) is 1. The fourth-order valence-electron chi connectivity index (χ4n) is 2.73. The highest BCUT2D eigenvalue weighted by Gasteiger charge is 2.38. The number of methoxy groups -OCH3 is 1. The Balaban J connectivity index is 2.07. The van der Waals surface area contributed by atoms with Crippen LogP contribution >= 0.6 is 0 Å². The van der Waals surface area contributed by atoms with Crippen LogP contribution in [0.3, 0.4) is 0 Å². The van der Waals surface area contributed by atoms with Crippen LogP contribution in [0.1, 0.15) is 32.8 Å². The standard InChI is InChI=1S/C16H25NO2/c1-5-15(2)11-17-12-16(3,19-15)10-13-6-8-14(18-4)9-7-13/h6-9,17H,5,10-12H2,1-4H3. The fourth-order valence-corrected chi connectivity index (χ4v) is 2.73. The molecule has 1 saturated heterocycles. The zero-order valence-corrected chi connectivity index (χ0v) is 12.5. The molecule has 0 radical (unpaired) electrons. The summed E-state index contributed by atoms with van der Waals surface area (Å²) in [5.74, 6) is 0.898. The first-order valence-corrected chi connectivity index (χ1v) is 7.02. The van der Waals surface area contributed by atoms with E-state index in [0.717, 1.165) is 31.7 Å². The number of morpholine rings is 1. The highest BCUT2D eigenvalue weighted by molar-refractivity contribution is 5.28. The van der Waals surface area contributed by atoms with Crippen molar-refractivity contribution in [3.63, 3.8) is 0 Å². The van der Waals surface area contributed by atoms with Gasteiger partial charge in [-0.05, 0) is 38.0 Å². The van der Waals surface area contributed by atoms with Crippen LogP contribution in [0.4, 0.5) is 0 Å². The van der Waals surface area contributed by atoms with Gasteiger partial charge in [0.05, 0.1) is 18.3 Å². The van der Waals surface area contributed by atoms with Gasteiger partial charge in [-0.25, -0.2) is 0 Å². The molecule has 0 aliphatic carbocycles. The first-order valence-electron chi connectivity index (χ1n) is 7.02. The lowest BCUT2D eigenvalue weighted by Gasteiger charge is -2.45. The zero-order valence-electron chi connectivity index (χ0n) is 12.5. The quantitative estimate of drug-likeness (QED) is 0.906. The van der Waals surface area contributed by atoms with Gasteiger partial charge in [0.2, 0.25) is 0 Å². The molecule has 0 amide bonds. The van der Waals surface area contributed by atoms with Crippen LogP contribution in [0.2, 0.25) is 0 Å². The Kier molecular flexibility index (Phi) is 4.16. The summed E-state index contributed by atoms with van der Waals surface area (Å²) >= 11 is 0. The second kappa shape index (κ2) is 5.51. The van der Waals surface area contributed by atoms with E-state index < -0.39 is 0 Å². The first kappa shape index (κ1) is 14.4. The Morgan fingerprint density at radius 1 is 1.16 bits per heavy atom. The van der Waals surface area contributed by atoms with Crippen molar-refractivity contribution >= 4 is 0 Å². The largest absolute Gasteiger partial charge is 0.497 e. The molecule has 1 aromatic carbocycles. The molecule has 1 aliphatic rings. The molecule has 3 nitrogen and oxygen atoms in total. The van der Waals surface area contributed by atoms with Crippen LogP contribution in [0, 0.1) is 0 Å². The molecule has 2 rings (SSSR count). The number of benzene rings is 1. The van der Waals surface area contributed by atoms with Crippen molar-refractivity contribution < 1.29 is 9.47 Å². The molecule has 0 bridgehead atoms. The minimum Gasteiger partial charge on any atom is -0.497 e. The van der Waals surface area contributed by atoms with Crippen LogP contribution in [0.25, 0.3) is 0 Å². The van der Waals surface area contributed by atoms with Crippen molar-refractivity contribution in [3.05, 3.63) is 29.8 Å². The van der Waals surface area contributed by atoms with E-state index in [1.165, 1.54) is 5.56 Å². The lowest BCUT2D eigenvalue weighted by atomic mass is 9.90. The lowest BCUT2D eigenvalue weighted by molar-refractivity contribution is -0.162. The van der Waals surface area contributed by atoms with Crippen LogP contribution in [-0.4, -0.2) is 31.4 Å². The van der Waals surface area contributed by atoms with E-state index >= 15 is 0 Å². The van der Waals surface area contributed by atoms with E-state index in [2.05, 4.69) is 38.2 Å². The Morgan fingerprint density at radius 3 is 2.37 bits per heavy atom. The minimum atomic E-state index is -0.141. The molecule has 2 atom stereocenters. The maximum atomic E-state index is 6.38. The summed E-state index contributed by atoms with van der Waals surface area (Å²) in [6, 6.07) is 8.25. The topological polar surface area (TPSA) is 30.5 Å². The van der Waals surface area contributed by atoms with Crippen molar-refractivity contribution in [2.45, 2.75) is 44.8 Å². The predicted molar refractivity (Wildman–Crippen MR) is 77.8 cm³/mol. The third kappa shape index (κ3) is 3.48. The van der Waals surface area contributed by atoms with Crippen LogP contribution < -0.4 is 10.1 Å². The van der Waals surface area contributed by atoms with E-state index in [4.69, 9.17) is 9.47 Å². The SMILES string of the molecule is CCC1(C)CNCC(C)(Cc2ccc(OC)cc2)O1. The third-order valence-corrected chi connectivity index (χ3v) is 3.98. The van der Waals surface area contributed by atoms with Crippen molar-refractivity contribution in [3.8, 4) is 5.75 Å². The summed E-state index contributed by atoms with van der Waals surface area (Å²) in [7, 11) is 1.69. The highest BCUT2D eigenvalue weighted by atomic mass is 16.5. The molecular weight excluding hydrogens is 238 g/mol. The smallest absolute Gasteiger partial charge is 0.118 e. The fraction of sp³-hybridized carbons (Fsp3) is 0.625. The normalized spacial score (nSPS) is 31.2. The lowest BCUT2D eigenvalue weighted by Crippen LogP contribution is -2.58. The van der Waals surface area contributed by atoms with Gasteiger partial charge in [0, 0.05) is 19.5 Å². The van der Waals surface area contributed by atoms with E-state index in [1.54, 1.807) is 7.11 Å². The van der Waals surface area contributed by atoms with Crippen molar-refractivity contribution in [2.75, 3.05) is 20.2 Å². The van der Waals surface area contributed by atoms with E-state index in [9.17, 15) is 0 Å². The average molecular weight is 263 g/mol. The van der Waals surface area contributed by atoms with Gasteiger partial charge >= 0.3 is 0 Å². The van der Waals surface area contributed by atoms with Gasteiger partial charge in [-0.1, -0.05) is 19.1 Å². The molecule has 1 heterocycles. The molecule has 2 unspecified atom stereocenters. The number of nitrogens with one attached hydrogen (secondary N) is 1. The van der Waals surface area contributed by atoms with Gasteiger partial charge < -0.3 is 14.8 Å². The Hall–Kier alpha value is -1.06. The summed E-state index contributed by atoms with van der Waals surface area (Å²) in [6.45, 7) is 8.39. The third-order valence-electron chi connectivity index (χ3n) is 3.98. The van der Waals surface area contributed by atoms with Crippen molar-refractivity contribution in [1.82, 2.24) is 5.32 Å². The monoisotopic (exact) mass is 263 g/mol. The zero-order chi connectivity index (χ0) is 13.9. The van der Waals surface area contributed by atoms with Crippen LogP contribution in [-0.2, 0) is 11.2 Å². The van der Waals surface area contributed by atoms with Gasteiger partial charge in [-0.2, -0.15) is 0 Å². The van der Waals surface area contributed by atoms with E-state index in [1.807, 2.05) is 12.1 Å². The second-order valence-corrected chi connectivity index (χ2v) is 5.98. The van der Waals surface area contributed by atoms with Gasteiger partial charge in [0.15, 0.2) is 0 Å². The number of ether oxygens (including phenoxy) is 2. The first-order chi connectivity index (χ1) is 8.99. The summed E-state index contributed by atoms with van der Waals surface area (Å²) in [4.78, 5) is 0. The van der Waals surface area contributed by atoms with Gasteiger partial charge in [-0.3, -0.25) is 0 Å². The van der Waals surface area contributed by atoms with Crippen molar-refractivity contribution in [2.24, 2.45) is 0 Å². The molecule has 0 spiro atoms. The maximum Gasteiger partial charge on any atom is 0.118 e. The minimum absolute atomic E-state index is 0.0561.